The van der Waals surface area contributed by atoms with Crippen LogP contribution in [-0.4, -0.2) is 23.0 Å². The van der Waals surface area contributed by atoms with Crippen LogP contribution in [0.5, 0.6) is 0 Å². The van der Waals surface area contributed by atoms with Crippen LogP contribution < -0.4 is 11.1 Å². The molecule has 110 valence electrons. The summed E-state index contributed by atoms with van der Waals surface area (Å²) < 4.78 is 29.8. The number of carbonyl (C=O) groups excluding carboxylic acids is 1. The van der Waals surface area contributed by atoms with Crippen LogP contribution in [-0.2, 0) is 4.74 Å². The number of pyridine rings is 2. The third-order valence-corrected chi connectivity index (χ3v) is 2.59. The van der Waals surface area contributed by atoms with Crippen LogP contribution in [0.3, 0.4) is 0 Å². The van der Waals surface area contributed by atoms with E-state index < -0.39 is 12.4 Å². The summed E-state index contributed by atoms with van der Waals surface area (Å²) in [6, 6.07) is 5.45. The summed E-state index contributed by atoms with van der Waals surface area (Å²) in [6.07, 6.45) is -1.38. The first kappa shape index (κ1) is 14.6. The maximum absolute atomic E-state index is 12.6. The van der Waals surface area contributed by atoms with E-state index in [-0.39, 0.29) is 28.6 Å². The zero-order valence-corrected chi connectivity index (χ0v) is 11.0. The Morgan fingerprint density at radius 3 is 2.86 bits per heavy atom. The minimum Gasteiger partial charge on any atom is -0.465 e. The number of alkyl halides is 2. The van der Waals surface area contributed by atoms with E-state index in [1.807, 2.05) is 0 Å². The Labute approximate surface area is 119 Å². The Morgan fingerprint density at radius 2 is 2.19 bits per heavy atom. The molecule has 3 N–H and O–H groups in total. The second kappa shape index (κ2) is 6.12. The molecule has 0 spiro atoms. The molecule has 0 aromatic carbocycles. The number of carbonyl (C=O) groups is 1. The lowest BCUT2D eigenvalue weighted by molar-refractivity contribution is 0.0602. The highest BCUT2D eigenvalue weighted by Gasteiger charge is 2.15. The molecule has 0 fully saturated rings. The van der Waals surface area contributed by atoms with Crippen molar-refractivity contribution in [1.82, 2.24) is 9.97 Å². The summed E-state index contributed by atoms with van der Waals surface area (Å²) in [6.45, 7) is 0. The first-order valence-electron chi connectivity index (χ1n) is 5.87. The number of nitrogens with one attached hydrogen (secondary N) is 1. The lowest BCUT2D eigenvalue weighted by Crippen LogP contribution is -2.08. The molecule has 0 aliphatic rings. The van der Waals surface area contributed by atoms with Gasteiger partial charge in [-0.15, -0.1) is 0 Å². The maximum atomic E-state index is 12.6. The topological polar surface area (TPSA) is 90.1 Å². The predicted octanol–water partition coefficient (Wildman–Crippen LogP) is 2.53. The fraction of sp³-hybridized carbons (Fsp3) is 0.154. The van der Waals surface area contributed by atoms with Crippen LogP contribution in [0.2, 0.25) is 0 Å². The molecule has 0 saturated carbocycles. The number of nitrogens with zero attached hydrogens (tertiary/aromatic N) is 2. The third-order valence-electron chi connectivity index (χ3n) is 2.59. The fourth-order valence-corrected chi connectivity index (χ4v) is 1.63. The van der Waals surface area contributed by atoms with Gasteiger partial charge in [0.15, 0.2) is 0 Å². The molecule has 0 saturated heterocycles. The molecule has 2 rings (SSSR count). The number of halogens is 2. The minimum atomic E-state index is -2.68. The third kappa shape index (κ3) is 3.41. The normalized spacial score (nSPS) is 10.5. The van der Waals surface area contributed by atoms with Crippen LogP contribution in [0.1, 0.15) is 22.5 Å². The summed E-state index contributed by atoms with van der Waals surface area (Å²) >= 11 is 0. The van der Waals surface area contributed by atoms with E-state index in [4.69, 9.17) is 5.73 Å². The molecule has 8 heteroatoms. The monoisotopic (exact) mass is 294 g/mol. The Bertz CT molecular complexity index is 664. The molecule has 2 heterocycles. The van der Waals surface area contributed by atoms with E-state index in [1.54, 1.807) is 0 Å². The summed E-state index contributed by atoms with van der Waals surface area (Å²) in [5, 5.41) is 2.75. The van der Waals surface area contributed by atoms with E-state index in [0.717, 1.165) is 0 Å². The van der Waals surface area contributed by atoms with Gasteiger partial charge in [0.2, 0.25) is 0 Å². The van der Waals surface area contributed by atoms with E-state index in [2.05, 4.69) is 20.0 Å². The zero-order chi connectivity index (χ0) is 15.4. The minimum absolute atomic E-state index is 0.134. The Hall–Kier alpha value is -2.77. The number of esters is 1. The molecule has 2 aromatic heterocycles. The van der Waals surface area contributed by atoms with Gasteiger partial charge < -0.3 is 15.8 Å². The van der Waals surface area contributed by atoms with Crippen LogP contribution in [0.4, 0.5) is 26.1 Å². The molecule has 0 radical (unpaired) electrons. The molecule has 0 aliphatic carbocycles. The van der Waals surface area contributed by atoms with Crippen molar-refractivity contribution < 1.29 is 18.3 Å². The van der Waals surface area contributed by atoms with Crippen molar-refractivity contribution in [3.63, 3.8) is 0 Å². The van der Waals surface area contributed by atoms with Crippen LogP contribution >= 0.6 is 0 Å². The number of aromatic nitrogens is 2. The maximum Gasteiger partial charge on any atom is 0.340 e. The standard InChI is InChI=1S/C13H12F2N4O2/c1-21-13(20)7-5-10(16)17-6-9(7)19-11-4-2-3-8(18-11)12(14)15/h2-6,12H,1H3,(H2,16,17)(H,18,19). The van der Waals surface area contributed by atoms with Crippen molar-refractivity contribution in [2.75, 3.05) is 18.2 Å². The van der Waals surface area contributed by atoms with Crippen molar-refractivity contribution in [2.24, 2.45) is 0 Å². The summed E-state index contributed by atoms with van der Waals surface area (Å²) in [5.74, 6) is -0.337. The van der Waals surface area contributed by atoms with Gasteiger partial charge in [0, 0.05) is 0 Å². The van der Waals surface area contributed by atoms with Gasteiger partial charge in [-0.2, -0.15) is 0 Å². The molecule has 0 unspecified atom stereocenters. The van der Waals surface area contributed by atoms with Crippen molar-refractivity contribution in [2.45, 2.75) is 6.43 Å². The summed E-state index contributed by atoms with van der Waals surface area (Å²) in [7, 11) is 1.22. The van der Waals surface area contributed by atoms with Crippen molar-refractivity contribution in [1.29, 1.82) is 0 Å². The van der Waals surface area contributed by atoms with Crippen molar-refractivity contribution >= 4 is 23.3 Å². The van der Waals surface area contributed by atoms with Crippen LogP contribution in [0.15, 0.2) is 30.5 Å². The first-order valence-corrected chi connectivity index (χ1v) is 5.87. The number of anilines is 3. The molecule has 0 bridgehead atoms. The van der Waals surface area contributed by atoms with Crippen LogP contribution in [0, 0.1) is 0 Å². The smallest absolute Gasteiger partial charge is 0.340 e. The van der Waals surface area contributed by atoms with Gasteiger partial charge in [-0.25, -0.2) is 23.5 Å². The number of hydrogen-bond donors (Lipinski definition) is 2. The lowest BCUT2D eigenvalue weighted by Gasteiger charge is -2.11. The van der Waals surface area contributed by atoms with Crippen molar-refractivity contribution in [3.05, 3.63) is 41.7 Å². The molecule has 2 aromatic rings. The SMILES string of the molecule is COC(=O)c1cc(N)ncc1Nc1cccc(C(F)F)n1. The van der Waals surface area contributed by atoms with Crippen molar-refractivity contribution in [3.8, 4) is 0 Å². The van der Waals surface area contributed by atoms with Gasteiger partial charge in [0.05, 0.1) is 24.6 Å². The molecular formula is C13H12F2N4O2. The predicted molar refractivity (Wildman–Crippen MR) is 72.5 cm³/mol. The zero-order valence-electron chi connectivity index (χ0n) is 11.0. The van der Waals surface area contributed by atoms with Gasteiger partial charge in [-0.05, 0) is 18.2 Å². The molecule has 21 heavy (non-hydrogen) atoms. The van der Waals surface area contributed by atoms with Gasteiger partial charge in [0.1, 0.15) is 17.3 Å². The molecule has 0 amide bonds. The molecule has 6 nitrogen and oxygen atoms in total. The number of nitrogens with two attached hydrogens (primary N) is 1. The highest BCUT2D eigenvalue weighted by molar-refractivity contribution is 5.96. The van der Waals surface area contributed by atoms with E-state index in [9.17, 15) is 13.6 Å². The molecular weight excluding hydrogens is 282 g/mol. The quantitative estimate of drug-likeness (QED) is 0.842. The largest absolute Gasteiger partial charge is 0.465 e. The highest BCUT2D eigenvalue weighted by Crippen LogP contribution is 2.23. The van der Waals surface area contributed by atoms with E-state index >= 15 is 0 Å². The number of ether oxygens (including phenoxy) is 1. The summed E-state index contributed by atoms with van der Waals surface area (Å²) in [4.78, 5) is 19.3. The average molecular weight is 294 g/mol. The van der Waals surface area contributed by atoms with Gasteiger partial charge >= 0.3 is 5.97 Å². The Balaban J connectivity index is 2.35. The number of methoxy groups -OCH3 is 1. The van der Waals surface area contributed by atoms with Crippen LogP contribution in [0.25, 0.3) is 0 Å². The van der Waals surface area contributed by atoms with E-state index in [1.165, 1.54) is 37.6 Å². The first-order chi connectivity index (χ1) is 10.0. The van der Waals surface area contributed by atoms with Gasteiger partial charge in [-0.3, -0.25) is 0 Å². The Kier molecular flexibility index (Phi) is 4.27. The molecule has 0 aliphatic heterocycles. The number of hydrogen-bond acceptors (Lipinski definition) is 6. The fourth-order valence-electron chi connectivity index (χ4n) is 1.63. The number of rotatable bonds is 4. The van der Waals surface area contributed by atoms with Gasteiger partial charge in [0.25, 0.3) is 6.43 Å². The van der Waals surface area contributed by atoms with E-state index in [0.29, 0.717) is 0 Å². The Morgan fingerprint density at radius 1 is 1.43 bits per heavy atom. The molecule has 0 atom stereocenters. The number of nitrogen functional groups attached to an aromatic ring is 1. The lowest BCUT2D eigenvalue weighted by atomic mass is 10.2. The second-order valence-electron chi connectivity index (χ2n) is 4.02. The average Bonchev–Trinajstić information content (AvgIpc) is 2.48. The van der Waals surface area contributed by atoms with Gasteiger partial charge in [-0.1, -0.05) is 6.07 Å². The summed E-state index contributed by atoms with van der Waals surface area (Å²) in [5.41, 5.74) is 5.54. The highest BCUT2D eigenvalue weighted by atomic mass is 19.3. The second-order valence-corrected chi connectivity index (χ2v) is 4.02.